The second-order valence-corrected chi connectivity index (χ2v) is 5.09. The van der Waals surface area contributed by atoms with Crippen LogP contribution in [0, 0.1) is 6.92 Å². The zero-order valence-electron chi connectivity index (χ0n) is 11.1. The minimum absolute atomic E-state index is 0.432. The van der Waals surface area contributed by atoms with Crippen molar-refractivity contribution in [3.63, 3.8) is 0 Å². The maximum Gasteiger partial charge on any atom is 0.159 e. The Labute approximate surface area is 122 Å². The van der Waals surface area contributed by atoms with Crippen LogP contribution in [0.15, 0.2) is 48.5 Å². The summed E-state index contributed by atoms with van der Waals surface area (Å²) in [5.41, 5.74) is 2.46. The SMILES string of the molecule is Cc1cccc(CNc2nnc(Cl)c3ccccc23)c1. The van der Waals surface area contributed by atoms with Crippen molar-refractivity contribution in [2.45, 2.75) is 13.5 Å². The molecule has 0 bridgehead atoms. The fourth-order valence-electron chi connectivity index (χ4n) is 2.21. The van der Waals surface area contributed by atoms with E-state index >= 15 is 0 Å². The lowest BCUT2D eigenvalue weighted by Crippen LogP contribution is -2.03. The molecule has 0 atom stereocenters. The number of hydrogen-bond donors (Lipinski definition) is 1. The van der Waals surface area contributed by atoms with E-state index in [9.17, 15) is 0 Å². The highest BCUT2D eigenvalue weighted by Crippen LogP contribution is 2.25. The molecule has 0 saturated heterocycles. The van der Waals surface area contributed by atoms with Gasteiger partial charge in [-0.05, 0) is 12.5 Å². The smallest absolute Gasteiger partial charge is 0.159 e. The maximum atomic E-state index is 6.07. The lowest BCUT2D eigenvalue weighted by atomic mass is 10.1. The van der Waals surface area contributed by atoms with Crippen LogP contribution < -0.4 is 5.32 Å². The largest absolute Gasteiger partial charge is 0.364 e. The molecule has 0 amide bonds. The van der Waals surface area contributed by atoms with E-state index in [2.05, 4.69) is 46.7 Å². The standard InChI is InChI=1S/C16H14ClN3/c1-11-5-4-6-12(9-11)10-18-16-14-8-3-2-7-13(14)15(17)19-20-16/h2-9H,10H2,1H3,(H,18,20). The Bertz CT molecular complexity index is 756. The van der Waals surface area contributed by atoms with Crippen LogP contribution >= 0.6 is 11.6 Å². The quantitative estimate of drug-likeness (QED) is 0.783. The van der Waals surface area contributed by atoms with Crippen molar-refractivity contribution in [3.8, 4) is 0 Å². The molecule has 0 aliphatic heterocycles. The van der Waals surface area contributed by atoms with Crippen molar-refractivity contribution >= 4 is 28.2 Å². The van der Waals surface area contributed by atoms with Gasteiger partial charge < -0.3 is 5.32 Å². The minimum atomic E-state index is 0.432. The van der Waals surface area contributed by atoms with Gasteiger partial charge in [-0.3, -0.25) is 0 Å². The molecule has 3 aromatic rings. The van der Waals surface area contributed by atoms with Crippen LogP contribution in [0.2, 0.25) is 5.15 Å². The molecule has 0 spiro atoms. The van der Waals surface area contributed by atoms with E-state index in [0.29, 0.717) is 11.7 Å². The first-order chi connectivity index (χ1) is 9.74. The van der Waals surface area contributed by atoms with Gasteiger partial charge in [-0.25, -0.2) is 0 Å². The first-order valence-electron chi connectivity index (χ1n) is 6.44. The topological polar surface area (TPSA) is 37.8 Å². The molecule has 0 aliphatic carbocycles. The van der Waals surface area contributed by atoms with Gasteiger partial charge in [-0.2, -0.15) is 0 Å². The third-order valence-corrected chi connectivity index (χ3v) is 3.46. The average molecular weight is 284 g/mol. The van der Waals surface area contributed by atoms with Crippen LogP contribution in [-0.4, -0.2) is 10.2 Å². The summed E-state index contributed by atoms with van der Waals surface area (Å²) >= 11 is 6.07. The fourth-order valence-corrected chi connectivity index (χ4v) is 2.41. The maximum absolute atomic E-state index is 6.07. The number of benzene rings is 2. The molecule has 20 heavy (non-hydrogen) atoms. The van der Waals surface area contributed by atoms with E-state index in [0.717, 1.165) is 16.6 Å². The molecule has 0 aliphatic rings. The van der Waals surface area contributed by atoms with Crippen LogP contribution in [0.25, 0.3) is 10.8 Å². The van der Waals surface area contributed by atoms with Gasteiger partial charge in [0.2, 0.25) is 0 Å². The zero-order valence-corrected chi connectivity index (χ0v) is 11.9. The number of halogens is 1. The second-order valence-electron chi connectivity index (χ2n) is 4.73. The lowest BCUT2D eigenvalue weighted by molar-refractivity contribution is 1.02. The molecule has 3 nitrogen and oxygen atoms in total. The molecule has 0 fully saturated rings. The summed E-state index contributed by atoms with van der Waals surface area (Å²) in [6.45, 7) is 2.79. The van der Waals surface area contributed by atoms with Crippen LogP contribution in [0.5, 0.6) is 0 Å². The third kappa shape index (κ3) is 2.58. The van der Waals surface area contributed by atoms with Gasteiger partial charge in [-0.1, -0.05) is 65.7 Å². The third-order valence-electron chi connectivity index (χ3n) is 3.18. The summed E-state index contributed by atoms with van der Waals surface area (Å²) < 4.78 is 0. The van der Waals surface area contributed by atoms with Crippen molar-refractivity contribution in [2.75, 3.05) is 5.32 Å². The summed E-state index contributed by atoms with van der Waals surface area (Å²) in [6, 6.07) is 16.2. The Morgan fingerprint density at radius 1 is 1.00 bits per heavy atom. The minimum Gasteiger partial charge on any atom is -0.364 e. The van der Waals surface area contributed by atoms with E-state index in [1.807, 2.05) is 24.3 Å². The van der Waals surface area contributed by atoms with E-state index < -0.39 is 0 Å². The Kier molecular flexibility index (Phi) is 3.52. The number of nitrogens with zero attached hydrogens (tertiary/aromatic N) is 2. The summed E-state index contributed by atoms with van der Waals surface area (Å²) in [7, 11) is 0. The summed E-state index contributed by atoms with van der Waals surface area (Å²) in [6.07, 6.45) is 0. The Morgan fingerprint density at radius 3 is 2.60 bits per heavy atom. The molecule has 4 heteroatoms. The van der Waals surface area contributed by atoms with Crippen LogP contribution in [0.3, 0.4) is 0 Å². The van der Waals surface area contributed by atoms with Gasteiger partial charge in [0, 0.05) is 17.3 Å². The van der Waals surface area contributed by atoms with Gasteiger partial charge in [0.25, 0.3) is 0 Å². The van der Waals surface area contributed by atoms with Crippen molar-refractivity contribution < 1.29 is 0 Å². The summed E-state index contributed by atoms with van der Waals surface area (Å²) in [5.74, 6) is 0.756. The van der Waals surface area contributed by atoms with Gasteiger partial charge in [-0.15, -0.1) is 10.2 Å². The number of hydrogen-bond acceptors (Lipinski definition) is 3. The number of rotatable bonds is 3. The number of aryl methyl sites for hydroxylation is 1. The Balaban J connectivity index is 1.90. The molecule has 1 aromatic heterocycles. The number of fused-ring (bicyclic) bond motifs is 1. The zero-order chi connectivity index (χ0) is 13.9. The predicted molar refractivity (Wildman–Crippen MR) is 83.1 cm³/mol. The van der Waals surface area contributed by atoms with E-state index in [-0.39, 0.29) is 0 Å². The molecule has 1 heterocycles. The van der Waals surface area contributed by atoms with Gasteiger partial charge >= 0.3 is 0 Å². The molecule has 0 radical (unpaired) electrons. The van der Waals surface area contributed by atoms with Crippen LogP contribution in [-0.2, 0) is 6.54 Å². The molecule has 2 aromatic carbocycles. The van der Waals surface area contributed by atoms with Crippen molar-refractivity contribution in [3.05, 3.63) is 64.8 Å². The molecular weight excluding hydrogens is 270 g/mol. The highest BCUT2D eigenvalue weighted by atomic mass is 35.5. The lowest BCUT2D eigenvalue weighted by Gasteiger charge is -2.09. The summed E-state index contributed by atoms with van der Waals surface area (Å²) in [4.78, 5) is 0. The van der Waals surface area contributed by atoms with Crippen molar-refractivity contribution in [1.29, 1.82) is 0 Å². The fraction of sp³-hybridized carbons (Fsp3) is 0.125. The predicted octanol–water partition coefficient (Wildman–Crippen LogP) is 4.20. The van der Waals surface area contributed by atoms with E-state index in [1.54, 1.807) is 0 Å². The van der Waals surface area contributed by atoms with Crippen LogP contribution in [0.4, 0.5) is 5.82 Å². The Hall–Kier alpha value is -2.13. The first kappa shape index (κ1) is 12.9. The van der Waals surface area contributed by atoms with Crippen molar-refractivity contribution in [2.24, 2.45) is 0 Å². The van der Waals surface area contributed by atoms with E-state index in [4.69, 9.17) is 11.6 Å². The van der Waals surface area contributed by atoms with Gasteiger partial charge in [0.15, 0.2) is 11.0 Å². The molecule has 3 rings (SSSR count). The van der Waals surface area contributed by atoms with Gasteiger partial charge in [0.05, 0.1) is 0 Å². The highest BCUT2D eigenvalue weighted by molar-refractivity contribution is 6.34. The van der Waals surface area contributed by atoms with Crippen molar-refractivity contribution in [1.82, 2.24) is 10.2 Å². The highest BCUT2D eigenvalue weighted by Gasteiger charge is 2.06. The normalized spacial score (nSPS) is 10.7. The molecular formula is C16H14ClN3. The number of aromatic nitrogens is 2. The second kappa shape index (κ2) is 5.47. The summed E-state index contributed by atoms with van der Waals surface area (Å²) in [5, 5.41) is 13.8. The molecule has 0 unspecified atom stereocenters. The first-order valence-corrected chi connectivity index (χ1v) is 6.82. The van der Waals surface area contributed by atoms with E-state index in [1.165, 1.54) is 11.1 Å². The average Bonchev–Trinajstić information content (AvgIpc) is 2.47. The number of nitrogens with one attached hydrogen (secondary N) is 1. The molecule has 100 valence electrons. The Morgan fingerprint density at radius 2 is 1.80 bits per heavy atom. The molecule has 1 N–H and O–H groups in total. The van der Waals surface area contributed by atoms with Crippen LogP contribution in [0.1, 0.15) is 11.1 Å². The molecule has 0 saturated carbocycles. The monoisotopic (exact) mass is 283 g/mol. The van der Waals surface area contributed by atoms with Gasteiger partial charge in [0.1, 0.15) is 0 Å². The number of anilines is 1.